The second kappa shape index (κ2) is 11.9. The summed E-state index contributed by atoms with van der Waals surface area (Å²) >= 11 is 0. The van der Waals surface area contributed by atoms with E-state index in [4.69, 9.17) is 5.11 Å². The number of hydrogen-bond donors (Lipinski definition) is 2. The monoisotopic (exact) mass is 243 g/mol. The molecule has 0 fully saturated rings. The first-order valence-corrected chi connectivity index (χ1v) is 7.11. The van der Waals surface area contributed by atoms with Gasteiger partial charge in [0.25, 0.3) is 0 Å². The predicted molar refractivity (Wildman–Crippen MR) is 71.9 cm³/mol. The Labute approximate surface area is 106 Å². The van der Waals surface area contributed by atoms with Crippen LogP contribution < -0.4 is 5.32 Å². The Morgan fingerprint density at radius 2 is 1.71 bits per heavy atom. The summed E-state index contributed by atoms with van der Waals surface area (Å²) in [6, 6.07) is 0.0945. The fraction of sp³-hybridized carbons (Fsp3) is 0.929. The van der Waals surface area contributed by atoms with Gasteiger partial charge in [-0.15, -0.1) is 0 Å². The van der Waals surface area contributed by atoms with Gasteiger partial charge < -0.3 is 10.4 Å². The third-order valence-electron chi connectivity index (χ3n) is 2.98. The number of amides is 1. The third-order valence-corrected chi connectivity index (χ3v) is 2.98. The molecule has 0 bridgehead atoms. The Bertz CT molecular complexity index is 183. The molecular formula is C14H29NO2. The van der Waals surface area contributed by atoms with Gasteiger partial charge in [-0.25, -0.2) is 0 Å². The average molecular weight is 243 g/mol. The maximum Gasteiger partial charge on any atom is 0.220 e. The fourth-order valence-electron chi connectivity index (χ4n) is 1.86. The van der Waals surface area contributed by atoms with Gasteiger partial charge in [0.05, 0.1) is 0 Å². The minimum atomic E-state index is 0.0945. The Morgan fingerprint density at radius 3 is 2.29 bits per heavy atom. The predicted octanol–water partition coefficient (Wildman–Crippen LogP) is 3.01. The zero-order valence-corrected chi connectivity index (χ0v) is 11.5. The molecule has 1 unspecified atom stereocenters. The highest BCUT2D eigenvalue weighted by Crippen LogP contribution is 2.08. The standard InChI is InChI=1S/C14H29NO2/c1-3-4-5-6-7-8-9-10-14(17)15-13(2)11-12-16/h13,16H,3-12H2,1-2H3,(H,15,17). The van der Waals surface area contributed by atoms with E-state index in [1.54, 1.807) is 0 Å². The fourth-order valence-corrected chi connectivity index (χ4v) is 1.86. The minimum Gasteiger partial charge on any atom is -0.396 e. The number of carbonyl (C=O) groups is 1. The van der Waals surface area contributed by atoms with Gasteiger partial charge in [0, 0.05) is 19.1 Å². The molecule has 0 saturated carbocycles. The first kappa shape index (κ1) is 16.4. The van der Waals surface area contributed by atoms with Crippen LogP contribution in [-0.4, -0.2) is 23.7 Å². The smallest absolute Gasteiger partial charge is 0.220 e. The molecule has 0 aliphatic heterocycles. The SMILES string of the molecule is CCCCCCCCCC(=O)NC(C)CCO. The van der Waals surface area contributed by atoms with Crippen molar-refractivity contribution in [3.8, 4) is 0 Å². The molecule has 1 atom stereocenters. The molecule has 0 rings (SSSR count). The molecule has 102 valence electrons. The van der Waals surface area contributed by atoms with Crippen LogP contribution in [-0.2, 0) is 4.79 Å². The van der Waals surface area contributed by atoms with Crippen molar-refractivity contribution in [3.05, 3.63) is 0 Å². The summed E-state index contributed by atoms with van der Waals surface area (Å²) in [4.78, 5) is 11.5. The molecule has 0 aromatic heterocycles. The van der Waals surface area contributed by atoms with Gasteiger partial charge in [0.2, 0.25) is 5.91 Å². The molecular weight excluding hydrogens is 214 g/mol. The Kier molecular flexibility index (Phi) is 11.5. The Morgan fingerprint density at radius 1 is 1.12 bits per heavy atom. The number of aliphatic hydroxyl groups excluding tert-OH is 1. The second-order valence-electron chi connectivity index (χ2n) is 4.85. The molecule has 3 heteroatoms. The average Bonchev–Trinajstić information content (AvgIpc) is 2.28. The Hall–Kier alpha value is -0.570. The van der Waals surface area contributed by atoms with Crippen molar-refractivity contribution in [2.75, 3.05) is 6.61 Å². The quantitative estimate of drug-likeness (QED) is 0.548. The van der Waals surface area contributed by atoms with Crippen molar-refractivity contribution < 1.29 is 9.90 Å². The molecule has 2 N–H and O–H groups in total. The zero-order valence-electron chi connectivity index (χ0n) is 11.5. The summed E-state index contributed by atoms with van der Waals surface area (Å²) in [5.41, 5.74) is 0. The highest BCUT2D eigenvalue weighted by atomic mass is 16.3. The summed E-state index contributed by atoms with van der Waals surface area (Å²) < 4.78 is 0. The van der Waals surface area contributed by atoms with Crippen LogP contribution >= 0.6 is 0 Å². The Balaban J connectivity index is 3.27. The summed E-state index contributed by atoms with van der Waals surface area (Å²) in [7, 11) is 0. The van der Waals surface area contributed by atoms with Crippen LogP contribution in [0.1, 0.15) is 71.6 Å². The van der Waals surface area contributed by atoms with Crippen molar-refractivity contribution in [1.82, 2.24) is 5.32 Å². The molecule has 0 heterocycles. The topological polar surface area (TPSA) is 49.3 Å². The van der Waals surface area contributed by atoms with E-state index in [1.165, 1.54) is 32.1 Å². The molecule has 0 aromatic carbocycles. The van der Waals surface area contributed by atoms with Crippen LogP contribution in [0.4, 0.5) is 0 Å². The molecule has 1 amide bonds. The number of unbranched alkanes of at least 4 members (excludes halogenated alkanes) is 6. The molecule has 0 aromatic rings. The van der Waals surface area contributed by atoms with Crippen molar-refractivity contribution in [1.29, 1.82) is 0 Å². The summed E-state index contributed by atoms with van der Waals surface area (Å²) in [6.45, 7) is 4.29. The molecule has 0 aliphatic rings. The number of rotatable bonds is 11. The van der Waals surface area contributed by atoms with Crippen LogP contribution in [0.15, 0.2) is 0 Å². The van der Waals surface area contributed by atoms with Crippen molar-refractivity contribution >= 4 is 5.91 Å². The van der Waals surface area contributed by atoms with E-state index in [0.717, 1.165) is 12.8 Å². The number of hydrogen-bond acceptors (Lipinski definition) is 2. The first-order valence-electron chi connectivity index (χ1n) is 7.11. The van der Waals surface area contributed by atoms with Gasteiger partial charge in [-0.05, 0) is 19.8 Å². The van der Waals surface area contributed by atoms with Crippen LogP contribution in [0.5, 0.6) is 0 Å². The van der Waals surface area contributed by atoms with E-state index in [9.17, 15) is 4.79 Å². The molecule has 0 spiro atoms. The van der Waals surface area contributed by atoms with E-state index in [0.29, 0.717) is 12.8 Å². The summed E-state index contributed by atoms with van der Waals surface area (Å²) in [5.74, 6) is 0.125. The third kappa shape index (κ3) is 11.7. The van der Waals surface area contributed by atoms with Gasteiger partial charge in [0.1, 0.15) is 0 Å². The van der Waals surface area contributed by atoms with Crippen molar-refractivity contribution in [2.45, 2.75) is 77.7 Å². The highest BCUT2D eigenvalue weighted by molar-refractivity contribution is 5.76. The largest absolute Gasteiger partial charge is 0.396 e. The van der Waals surface area contributed by atoms with Gasteiger partial charge in [-0.1, -0.05) is 45.4 Å². The number of aliphatic hydroxyl groups is 1. The van der Waals surface area contributed by atoms with E-state index >= 15 is 0 Å². The van der Waals surface area contributed by atoms with E-state index < -0.39 is 0 Å². The van der Waals surface area contributed by atoms with Crippen LogP contribution in [0.3, 0.4) is 0 Å². The number of carbonyl (C=O) groups excluding carboxylic acids is 1. The molecule has 3 nitrogen and oxygen atoms in total. The normalized spacial score (nSPS) is 12.4. The van der Waals surface area contributed by atoms with Crippen LogP contribution in [0, 0.1) is 0 Å². The first-order chi connectivity index (χ1) is 8.20. The molecule has 0 radical (unpaired) electrons. The molecule has 0 saturated heterocycles. The summed E-state index contributed by atoms with van der Waals surface area (Å²) in [6.07, 6.45) is 9.91. The van der Waals surface area contributed by atoms with Gasteiger partial charge in [-0.3, -0.25) is 4.79 Å². The lowest BCUT2D eigenvalue weighted by atomic mass is 10.1. The van der Waals surface area contributed by atoms with E-state index in [1.807, 2.05) is 6.92 Å². The maximum absolute atomic E-state index is 11.5. The lowest BCUT2D eigenvalue weighted by Crippen LogP contribution is -2.32. The van der Waals surface area contributed by atoms with Crippen LogP contribution in [0.25, 0.3) is 0 Å². The lowest BCUT2D eigenvalue weighted by molar-refractivity contribution is -0.121. The minimum absolute atomic E-state index is 0.0945. The highest BCUT2D eigenvalue weighted by Gasteiger charge is 2.05. The second-order valence-corrected chi connectivity index (χ2v) is 4.85. The van der Waals surface area contributed by atoms with Crippen molar-refractivity contribution in [3.63, 3.8) is 0 Å². The van der Waals surface area contributed by atoms with Gasteiger partial charge >= 0.3 is 0 Å². The van der Waals surface area contributed by atoms with E-state index in [-0.39, 0.29) is 18.6 Å². The van der Waals surface area contributed by atoms with Gasteiger partial charge in [0.15, 0.2) is 0 Å². The summed E-state index contributed by atoms with van der Waals surface area (Å²) in [5, 5.41) is 11.6. The number of nitrogens with one attached hydrogen (secondary N) is 1. The van der Waals surface area contributed by atoms with Crippen molar-refractivity contribution in [2.24, 2.45) is 0 Å². The lowest BCUT2D eigenvalue weighted by Gasteiger charge is -2.12. The van der Waals surface area contributed by atoms with Crippen LogP contribution in [0.2, 0.25) is 0 Å². The molecule has 0 aliphatic carbocycles. The van der Waals surface area contributed by atoms with Gasteiger partial charge in [-0.2, -0.15) is 0 Å². The molecule has 17 heavy (non-hydrogen) atoms. The van der Waals surface area contributed by atoms with E-state index in [2.05, 4.69) is 12.2 Å². The zero-order chi connectivity index (χ0) is 12.9. The maximum atomic E-state index is 11.5.